The van der Waals surface area contributed by atoms with Crippen molar-refractivity contribution in [1.82, 2.24) is 5.32 Å². The van der Waals surface area contributed by atoms with E-state index < -0.39 is 11.9 Å². The van der Waals surface area contributed by atoms with Crippen molar-refractivity contribution in [2.24, 2.45) is 0 Å². The Morgan fingerprint density at radius 3 is 2.19 bits per heavy atom. The first-order valence-corrected chi connectivity index (χ1v) is 11.6. The van der Waals surface area contributed by atoms with E-state index in [2.05, 4.69) is 5.32 Å². The number of ketones is 1. The van der Waals surface area contributed by atoms with Crippen LogP contribution in [0.25, 0.3) is 0 Å². The van der Waals surface area contributed by atoms with Crippen LogP contribution in [-0.2, 0) is 14.3 Å². The van der Waals surface area contributed by atoms with Gasteiger partial charge in [-0.25, -0.2) is 4.79 Å². The van der Waals surface area contributed by atoms with Crippen molar-refractivity contribution in [1.29, 1.82) is 0 Å². The highest BCUT2D eigenvalue weighted by molar-refractivity contribution is 6.04. The minimum Gasteiger partial charge on any atom is -0.497 e. The average molecular weight is 494 g/mol. The van der Waals surface area contributed by atoms with Gasteiger partial charge in [0.2, 0.25) is 0 Å². The Hall–Kier alpha value is -3.94. The fourth-order valence-electron chi connectivity index (χ4n) is 5.14. The molecule has 8 nitrogen and oxygen atoms in total. The number of rotatable bonds is 7. The molecule has 0 saturated carbocycles. The van der Waals surface area contributed by atoms with Gasteiger partial charge in [0.1, 0.15) is 11.5 Å². The number of hydrogen-bond acceptors (Lipinski definition) is 8. The van der Waals surface area contributed by atoms with Crippen LogP contribution in [0.1, 0.15) is 42.7 Å². The molecule has 1 heterocycles. The van der Waals surface area contributed by atoms with Gasteiger partial charge in [-0.2, -0.15) is 0 Å². The molecule has 0 saturated heterocycles. The normalized spacial score (nSPS) is 19.3. The van der Waals surface area contributed by atoms with Crippen LogP contribution in [0.3, 0.4) is 0 Å². The van der Waals surface area contributed by atoms with Crippen molar-refractivity contribution in [3.8, 4) is 23.0 Å². The molecule has 2 aromatic carbocycles. The number of Topliss-reactive ketones (excluding diaryl/α,β-unsaturated/α-hetero) is 1. The van der Waals surface area contributed by atoms with Crippen molar-refractivity contribution < 1.29 is 33.3 Å². The van der Waals surface area contributed by atoms with E-state index in [1.54, 1.807) is 40.6 Å². The molecule has 2 aromatic rings. The Labute approximate surface area is 210 Å². The van der Waals surface area contributed by atoms with Gasteiger partial charge >= 0.3 is 5.97 Å². The molecule has 190 valence electrons. The van der Waals surface area contributed by atoms with Crippen LogP contribution >= 0.6 is 0 Å². The monoisotopic (exact) mass is 493 g/mol. The smallest absolute Gasteiger partial charge is 0.336 e. The first kappa shape index (κ1) is 25.2. The van der Waals surface area contributed by atoms with Gasteiger partial charge in [0.15, 0.2) is 17.3 Å². The molecule has 0 unspecified atom stereocenters. The van der Waals surface area contributed by atoms with Gasteiger partial charge in [-0.1, -0.05) is 6.07 Å². The molecule has 0 amide bonds. The molecule has 2 atom stereocenters. The first-order valence-electron chi connectivity index (χ1n) is 11.6. The number of methoxy groups -OCH3 is 5. The molecule has 4 rings (SSSR count). The highest BCUT2D eigenvalue weighted by Gasteiger charge is 2.42. The lowest BCUT2D eigenvalue weighted by molar-refractivity contribution is -0.136. The number of hydrogen-bond donors (Lipinski definition) is 1. The Morgan fingerprint density at radius 2 is 1.56 bits per heavy atom. The lowest BCUT2D eigenvalue weighted by Crippen LogP contribution is -2.36. The third-order valence-corrected chi connectivity index (χ3v) is 6.86. The molecule has 0 aromatic heterocycles. The lowest BCUT2D eigenvalue weighted by Gasteiger charge is -2.37. The fourth-order valence-corrected chi connectivity index (χ4v) is 5.14. The third kappa shape index (κ3) is 4.39. The number of benzene rings is 2. The summed E-state index contributed by atoms with van der Waals surface area (Å²) in [6, 6.07) is 11.1. The van der Waals surface area contributed by atoms with Gasteiger partial charge in [-0.05, 0) is 55.2 Å². The quantitative estimate of drug-likeness (QED) is 0.572. The Kier molecular flexibility index (Phi) is 7.24. The van der Waals surface area contributed by atoms with Crippen LogP contribution in [0, 0.1) is 0 Å². The summed E-state index contributed by atoms with van der Waals surface area (Å²) in [5, 5.41) is 3.34. The highest BCUT2D eigenvalue weighted by Crippen LogP contribution is 2.48. The van der Waals surface area contributed by atoms with Crippen LogP contribution in [0.5, 0.6) is 23.0 Å². The summed E-state index contributed by atoms with van der Waals surface area (Å²) in [5.74, 6) is 1.12. The lowest BCUT2D eigenvalue weighted by atomic mass is 9.71. The second-order valence-corrected chi connectivity index (χ2v) is 8.73. The van der Waals surface area contributed by atoms with Crippen molar-refractivity contribution in [3.63, 3.8) is 0 Å². The Balaban J connectivity index is 1.84. The zero-order chi connectivity index (χ0) is 26.0. The van der Waals surface area contributed by atoms with Gasteiger partial charge in [0.05, 0.1) is 47.0 Å². The van der Waals surface area contributed by atoms with Crippen molar-refractivity contribution in [3.05, 3.63) is 70.1 Å². The topological polar surface area (TPSA) is 92.3 Å². The maximum atomic E-state index is 13.8. The van der Waals surface area contributed by atoms with Crippen LogP contribution in [0.4, 0.5) is 0 Å². The zero-order valence-electron chi connectivity index (χ0n) is 21.4. The van der Waals surface area contributed by atoms with Gasteiger partial charge in [-0.15, -0.1) is 0 Å². The molecule has 2 aliphatic rings. The van der Waals surface area contributed by atoms with Crippen LogP contribution < -0.4 is 24.3 Å². The maximum Gasteiger partial charge on any atom is 0.336 e. The second-order valence-electron chi connectivity index (χ2n) is 8.73. The summed E-state index contributed by atoms with van der Waals surface area (Å²) in [4.78, 5) is 26.8. The summed E-state index contributed by atoms with van der Waals surface area (Å²) in [7, 11) is 7.64. The van der Waals surface area contributed by atoms with Crippen LogP contribution in [0.15, 0.2) is 58.9 Å². The summed E-state index contributed by atoms with van der Waals surface area (Å²) in [6.45, 7) is 1.82. The summed E-state index contributed by atoms with van der Waals surface area (Å²) in [5.41, 5.74) is 3.99. The first-order chi connectivity index (χ1) is 17.4. The SMILES string of the molecule is COC(=O)C1=C(C)NC2=C(C(=O)C[C@H](c3ccc(OC)c(OC)c3)C2)[C@@H]1c1cc(OC)ccc1OC. The number of carbonyl (C=O) groups excluding carboxylic acids is 2. The number of dihydropyridines is 1. The minimum atomic E-state index is -0.655. The Bertz CT molecular complexity index is 1260. The largest absolute Gasteiger partial charge is 0.497 e. The summed E-state index contributed by atoms with van der Waals surface area (Å²) in [6.07, 6.45) is 0.872. The maximum absolute atomic E-state index is 13.8. The van der Waals surface area contributed by atoms with E-state index in [1.165, 1.54) is 7.11 Å². The highest BCUT2D eigenvalue weighted by atomic mass is 16.5. The van der Waals surface area contributed by atoms with Crippen molar-refractivity contribution in [2.45, 2.75) is 31.6 Å². The molecular weight excluding hydrogens is 462 g/mol. The van der Waals surface area contributed by atoms with E-state index in [0.717, 1.165) is 11.3 Å². The molecular formula is C28H31NO7. The van der Waals surface area contributed by atoms with Gasteiger partial charge < -0.3 is 29.0 Å². The van der Waals surface area contributed by atoms with Gasteiger partial charge in [-0.3, -0.25) is 4.79 Å². The van der Waals surface area contributed by atoms with Gasteiger partial charge in [0.25, 0.3) is 0 Å². The van der Waals surface area contributed by atoms with Crippen LogP contribution in [-0.4, -0.2) is 47.3 Å². The number of carbonyl (C=O) groups is 2. The molecule has 1 N–H and O–H groups in total. The average Bonchev–Trinajstić information content (AvgIpc) is 2.90. The van der Waals surface area contributed by atoms with Gasteiger partial charge in [0, 0.05) is 29.0 Å². The van der Waals surface area contributed by atoms with E-state index >= 15 is 0 Å². The molecule has 0 bridgehead atoms. The molecule has 0 spiro atoms. The standard InChI is InChI=1S/C28H31NO7/c1-15-25(28(31)36-6)26(19-14-18(32-2)8-10-22(19)33-3)27-20(29-15)11-17(12-21(27)30)16-7-9-23(34-4)24(13-16)35-5/h7-10,13-14,17,26,29H,11-12H2,1-6H3/t17-,26-/m1/s1. The molecule has 8 heteroatoms. The predicted octanol–water partition coefficient (Wildman–Crippen LogP) is 4.26. The van der Waals surface area contributed by atoms with E-state index in [-0.39, 0.29) is 18.1 Å². The predicted molar refractivity (Wildman–Crippen MR) is 134 cm³/mol. The van der Waals surface area contributed by atoms with Crippen molar-refractivity contribution >= 4 is 11.8 Å². The second kappa shape index (κ2) is 10.4. The molecule has 0 radical (unpaired) electrons. The summed E-state index contributed by atoms with van der Waals surface area (Å²) < 4.78 is 27.0. The molecule has 36 heavy (non-hydrogen) atoms. The fraction of sp³-hybridized carbons (Fsp3) is 0.357. The minimum absolute atomic E-state index is 0.0488. The zero-order valence-corrected chi connectivity index (χ0v) is 21.4. The number of ether oxygens (including phenoxy) is 5. The molecule has 1 aliphatic heterocycles. The van der Waals surface area contributed by atoms with E-state index in [9.17, 15) is 9.59 Å². The van der Waals surface area contributed by atoms with E-state index in [4.69, 9.17) is 23.7 Å². The number of esters is 1. The molecule has 1 aliphatic carbocycles. The van der Waals surface area contributed by atoms with E-state index in [1.807, 2.05) is 31.2 Å². The van der Waals surface area contributed by atoms with Crippen molar-refractivity contribution in [2.75, 3.05) is 35.5 Å². The van der Waals surface area contributed by atoms with Crippen LogP contribution in [0.2, 0.25) is 0 Å². The van der Waals surface area contributed by atoms with E-state index in [0.29, 0.717) is 51.8 Å². The number of allylic oxidation sites excluding steroid dienone is 3. The summed E-state index contributed by atoms with van der Waals surface area (Å²) >= 11 is 0. The number of nitrogens with one attached hydrogen (secondary N) is 1. The molecule has 0 fully saturated rings. The Morgan fingerprint density at radius 1 is 0.861 bits per heavy atom. The third-order valence-electron chi connectivity index (χ3n) is 6.86.